The highest BCUT2D eigenvalue weighted by Gasteiger charge is 2.71. The van der Waals surface area contributed by atoms with Gasteiger partial charge in [-0.15, -0.1) is 0 Å². The van der Waals surface area contributed by atoms with E-state index in [-0.39, 0.29) is 46.7 Å². The number of phenols is 1. The van der Waals surface area contributed by atoms with Gasteiger partial charge in [-0.3, -0.25) is 29.5 Å². The Kier molecular flexibility index (Phi) is 8.40. The molecule has 2 aliphatic heterocycles. The van der Waals surface area contributed by atoms with Crippen molar-refractivity contribution < 1.29 is 43.5 Å². The number of phenolic OH excluding ortho intramolecular Hbond substituents is 1. The predicted molar refractivity (Wildman–Crippen MR) is 192 cm³/mol. The Morgan fingerprint density at radius 1 is 0.906 bits per heavy atom. The number of aromatic hydroxyl groups is 1. The minimum absolute atomic E-state index is 0.0174. The third-order valence-electron chi connectivity index (χ3n) is 11.2. The number of hydrogen-bond donors (Lipinski definition) is 4. The molecular weight excluding hydrogens is 704 g/mol. The van der Waals surface area contributed by atoms with Gasteiger partial charge in [-0.05, 0) is 90.4 Å². The van der Waals surface area contributed by atoms with Crippen molar-refractivity contribution in [2.45, 2.75) is 24.2 Å². The van der Waals surface area contributed by atoms with Crippen LogP contribution in [0.15, 0.2) is 103 Å². The van der Waals surface area contributed by atoms with Crippen LogP contribution in [0.1, 0.15) is 29.9 Å². The minimum atomic E-state index is -1.83. The van der Waals surface area contributed by atoms with Gasteiger partial charge in [0.15, 0.2) is 0 Å². The Morgan fingerprint density at radius 3 is 2.32 bits per heavy atom. The van der Waals surface area contributed by atoms with E-state index in [2.05, 4.69) is 5.43 Å². The van der Waals surface area contributed by atoms with E-state index in [9.17, 15) is 33.9 Å². The lowest BCUT2D eigenvalue weighted by molar-refractivity contribution is -0.138. The van der Waals surface area contributed by atoms with Crippen molar-refractivity contribution in [3.63, 3.8) is 0 Å². The molecule has 0 bridgehead atoms. The average molecular weight is 736 g/mol. The summed E-state index contributed by atoms with van der Waals surface area (Å²) in [6, 6.07) is 22.3. The van der Waals surface area contributed by atoms with Crippen LogP contribution in [0.4, 0.5) is 15.8 Å². The number of nitrogens with one attached hydrogen (secondary N) is 1. The van der Waals surface area contributed by atoms with Crippen molar-refractivity contribution in [2.75, 3.05) is 17.4 Å². The third-order valence-corrected chi connectivity index (χ3v) is 11.5. The largest absolute Gasteiger partial charge is 0.508 e. The topological polar surface area (TPSA) is 157 Å². The Balaban J connectivity index is 1.34. The Labute approximate surface area is 308 Å². The van der Waals surface area contributed by atoms with Gasteiger partial charge in [-0.25, -0.2) is 4.39 Å². The molecule has 4 aromatic rings. The number of anilines is 2. The number of amides is 4. The SMILES string of the molecule is COc1cccc(O)c1[C@H]1C2=CC[C@@H]3C(=O)N(c4cccc(B(O)O)c4)C(=O)[C@@H]3[C@@H]2C[C@H]2C(=O)N(Nc3ccc(F)cc3)C(=O)[C@@]12c1ccc(Cl)cc1. The van der Waals surface area contributed by atoms with Gasteiger partial charge in [-0.2, -0.15) is 5.01 Å². The second-order valence-corrected chi connectivity index (χ2v) is 14.2. The maximum atomic E-state index is 15.3. The smallest absolute Gasteiger partial charge is 0.488 e. The van der Waals surface area contributed by atoms with Crippen LogP contribution in [0.25, 0.3) is 0 Å². The summed E-state index contributed by atoms with van der Waals surface area (Å²) in [5.74, 6) is -7.46. The van der Waals surface area contributed by atoms with Crippen LogP contribution in [-0.4, -0.2) is 58.0 Å². The average Bonchev–Trinajstić information content (AvgIpc) is 3.53. The molecule has 2 aliphatic carbocycles. The summed E-state index contributed by atoms with van der Waals surface area (Å²) in [5.41, 5.74) is 2.96. The molecule has 3 fully saturated rings. The van der Waals surface area contributed by atoms with Crippen LogP contribution in [0.5, 0.6) is 11.5 Å². The molecule has 0 unspecified atom stereocenters. The molecule has 0 aromatic heterocycles. The van der Waals surface area contributed by atoms with Crippen LogP contribution >= 0.6 is 11.6 Å². The standard InChI is InChI=1S/C39H32BClFN3O8/c1-53-31-7-3-6-30(46)33(31)34-26-16-17-27-32(37(49)44(35(27)47)25-5-2-4-21(18-25)40(51)52)28(26)19-29-36(48)45(43-24-14-12-23(42)13-15-24)38(50)39(29,34)20-8-10-22(41)11-9-20/h2-16,18,27-29,32,34,43,46,51-52H,17,19H2,1H3/t27-,28+,29-,32-,34+,39+/m0/s1. The van der Waals surface area contributed by atoms with E-state index in [0.29, 0.717) is 16.2 Å². The highest BCUT2D eigenvalue weighted by Crippen LogP contribution is 2.66. The van der Waals surface area contributed by atoms with Crippen LogP contribution in [0.3, 0.4) is 0 Å². The van der Waals surface area contributed by atoms with Gasteiger partial charge >= 0.3 is 7.12 Å². The molecule has 4 aromatic carbocycles. The highest BCUT2D eigenvalue weighted by atomic mass is 35.5. The van der Waals surface area contributed by atoms with Gasteiger partial charge in [0, 0.05) is 16.5 Å². The van der Waals surface area contributed by atoms with Crippen LogP contribution in [0, 0.1) is 29.5 Å². The molecule has 11 nitrogen and oxygen atoms in total. The predicted octanol–water partition coefficient (Wildman–Crippen LogP) is 4.06. The Hall–Kier alpha value is -5.50. The number of ether oxygens (including phenoxy) is 1. The molecular formula is C39H32BClFN3O8. The highest BCUT2D eigenvalue weighted by molar-refractivity contribution is 6.58. The van der Waals surface area contributed by atoms with E-state index in [0.717, 1.165) is 9.91 Å². The summed E-state index contributed by atoms with van der Waals surface area (Å²) < 4.78 is 19.7. The molecule has 2 saturated heterocycles. The molecule has 4 amide bonds. The number of methoxy groups -OCH3 is 1. The van der Waals surface area contributed by atoms with Crippen LogP contribution in [0.2, 0.25) is 5.02 Å². The lowest BCUT2D eigenvalue weighted by Crippen LogP contribution is -2.53. The molecule has 1 saturated carbocycles. The van der Waals surface area contributed by atoms with Crippen molar-refractivity contribution in [2.24, 2.45) is 23.7 Å². The number of carbonyl (C=O) groups is 4. The van der Waals surface area contributed by atoms with Crippen molar-refractivity contribution in [1.82, 2.24) is 5.01 Å². The number of halogens is 2. The van der Waals surface area contributed by atoms with E-state index in [1.165, 1.54) is 61.7 Å². The number of hydrazine groups is 1. The van der Waals surface area contributed by atoms with E-state index >= 15 is 4.79 Å². The summed E-state index contributed by atoms with van der Waals surface area (Å²) in [4.78, 5) is 59.7. The van der Waals surface area contributed by atoms with Gasteiger partial charge < -0.3 is 19.9 Å². The lowest BCUT2D eigenvalue weighted by atomic mass is 9.49. The fraction of sp³-hybridized carbons (Fsp3) is 0.231. The van der Waals surface area contributed by atoms with E-state index in [4.69, 9.17) is 16.3 Å². The molecule has 14 heteroatoms. The third kappa shape index (κ3) is 5.17. The molecule has 8 rings (SSSR count). The number of rotatable bonds is 7. The number of hydrogen-bond acceptors (Lipinski definition) is 9. The first kappa shape index (κ1) is 34.6. The quantitative estimate of drug-likeness (QED) is 0.125. The Bertz CT molecular complexity index is 2220. The van der Waals surface area contributed by atoms with E-state index < -0.39 is 71.6 Å². The number of carbonyl (C=O) groups excluding carboxylic acids is 4. The molecule has 4 N–H and O–H groups in total. The van der Waals surface area contributed by atoms with Crippen molar-refractivity contribution in [3.8, 4) is 11.5 Å². The van der Waals surface area contributed by atoms with Gasteiger partial charge in [-0.1, -0.05) is 53.6 Å². The maximum absolute atomic E-state index is 15.3. The van der Waals surface area contributed by atoms with Crippen molar-refractivity contribution in [1.29, 1.82) is 0 Å². The first-order valence-electron chi connectivity index (χ1n) is 17.0. The van der Waals surface area contributed by atoms with Crippen LogP contribution < -0.4 is 20.5 Å². The molecule has 2 heterocycles. The van der Waals surface area contributed by atoms with E-state index in [1.807, 2.05) is 6.08 Å². The summed E-state index contributed by atoms with van der Waals surface area (Å²) >= 11 is 6.35. The fourth-order valence-electron chi connectivity index (χ4n) is 9.05. The van der Waals surface area contributed by atoms with E-state index in [1.54, 1.807) is 36.4 Å². The second-order valence-electron chi connectivity index (χ2n) is 13.7. The summed E-state index contributed by atoms with van der Waals surface area (Å²) in [7, 11) is -0.404. The lowest BCUT2D eigenvalue weighted by Gasteiger charge is -2.50. The van der Waals surface area contributed by atoms with Gasteiger partial charge in [0.25, 0.3) is 11.8 Å². The number of allylic oxidation sites excluding steroid dienone is 2. The molecule has 6 atom stereocenters. The van der Waals surface area contributed by atoms with Gasteiger partial charge in [0.2, 0.25) is 11.8 Å². The first-order chi connectivity index (χ1) is 25.5. The van der Waals surface area contributed by atoms with Crippen molar-refractivity contribution >= 4 is 59.2 Å². The molecule has 0 spiro atoms. The zero-order valence-corrected chi connectivity index (χ0v) is 28.9. The number of benzene rings is 4. The summed E-state index contributed by atoms with van der Waals surface area (Å²) in [6.45, 7) is 0. The molecule has 268 valence electrons. The zero-order valence-electron chi connectivity index (χ0n) is 28.1. The zero-order chi connectivity index (χ0) is 37.3. The summed E-state index contributed by atoms with van der Waals surface area (Å²) in [5, 5.41) is 32.6. The fourth-order valence-corrected chi connectivity index (χ4v) is 9.17. The minimum Gasteiger partial charge on any atom is -0.508 e. The summed E-state index contributed by atoms with van der Waals surface area (Å²) in [6.07, 6.45) is 1.94. The van der Waals surface area contributed by atoms with Crippen molar-refractivity contribution in [3.05, 3.63) is 125 Å². The van der Waals surface area contributed by atoms with Crippen LogP contribution in [-0.2, 0) is 24.6 Å². The Morgan fingerprint density at radius 2 is 1.62 bits per heavy atom. The number of imide groups is 2. The number of nitrogens with zero attached hydrogens (tertiary/aromatic N) is 2. The molecule has 53 heavy (non-hydrogen) atoms. The first-order valence-corrected chi connectivity index (χ1v) is 17.4. The normalized spacial score (nSPS) is 26.2. The second kappa shape index (κ2) is 12.9. The number of fused-ring (bicyclic) bond motifs is 4. The molecule has 0 radical (unpaired) electrons. The maximum Gasteiger partial charge on any atom is 0.488 e. The van der Waals surface area contributed by atoms with Gasteiger partial charge in [0.1, 0.15) is 17.3 Å². The molecule has 4 aliphatic rings. The monoisotopic (exact) mass is 735 g/mol. The van der Waals surface area contributed by atoms with Gasteiger partial charge in [0.05, 0.1) is 41.7 Å².